The Balaban J connectivity index is 1.29. The first-order chi connectivity index (χ1) is 23.2. The Labute approximate surface area is 279 Å². The maximum absolute atomic E-state index is 13.7. The van der Waals surface area contributed by atoms with Gasteiger partial charge in [-0.1, -0.05) is 67.6 Å². The third-order valence-corrected chi connectivity index (χ3v) is 8.59. The van der Waals surface area contributed by atoms with Crippen LogP contribution in [0.4, 0.5) is 0 Å². The van der Waals surface area contributed by atoms with Crippen molar-refractivity contribution in [2.24, 2.45) is 5.92 Å². The van der Waals surface area contributed by atoms with Crippen LogP contribution in [0.5, 0.6) is 0 Å². The number of amides is 4. The van der Waals surface area contributed by atoms with Gasteiger partial charge in [0.15, 0.2) is 11.4 Å². The van der Waals surface area contributed by atoms with Crippen LogP contribution in [0.15, 0.2) is 82.9 Å². The quantitative estimate of drug-likeness (QED) is 0.254. The van der Waals surface area contributed by atoms with Gasteiger partial charge in [-0.05, 0) is 23.6 Å². The van der Waals surface area contributed by atoms with Crippen molar-refractivity contribution >= 4 is 35.0 Å². The summed E-state index contributed by atoms with van der Waals surface area (Å²) in [5.74, 6) is -1.94. The number of fused-ring (bicyclic) bond motifs is 4. The molecular formula is C33H33N9O5S. The second-order valence-electron chi connectivity index (χ2n) is 11.5. The van der Waals surface area contributed by atoms with Gasteiger partial charge in [0.25, 0.3) is 17.7 Å². The normalized spacial score (nSPS) is 17.6. The van der Waals surface area contributed by atoms with E-state index in [1.165, 1.54) is 33.4 Å². The molecule has 3 aromatic heterocycles. The molecule has 0 saturated carbocycles. The van der Waals surface area contributed by atoms with Gasteiger partial charge in [-0.15, -0.1) is 16.4 Å². The van der Waals surface area contributed by atoms with Crippen LogP contribution in [-0.2, 0) is 11.2 Å². The highest BCUT2D eigenvalue weighted by Crippen LogP contribution is 2.26. The molecule has 0 fully saturated rings. The van der Waals surface area contributed by atoms with Crippen LogP contribution >= 0.6 is 11.3 Å². The fraction of sp³-hybridized carbons (Fsp3) is 0.273. The number of thiazole rings is 1. The zero-order valence-corrected chi connectivity index (χ0v) is 27.0. The molecule has 4 amide bonds. The lowest BCUT2D eigenvalue weighted by atomic mass is 10.0. The highest BCUT2D eigenvalue weighted by atomic mass is 32.1. The number of carbonyl (C=O) groups excluding carboxylic acids is 4. The number of nitrogens with zero attached hydrogens (tertiary/aromatic N) is 6. The van der Waals surface area contributed by atoms with Gasteiger partial charge in [-0.3, -0.25) is 19.2 Å². The summed E-state index contributed by atoms with van der Waals surface area (Å²) in [5, 5.41) is 19.0. The molecule has 1 aliphatic rings. The highest BCUT2D eigenvalue weighted by Gasteiger charge is 2.29. The van der Waals surface area contributed by atoms with Gasteiger partial charge in [0.05, 0.1) is 24.5 Å². The fourth-order valence-electron chi connectivity index (χ4n) is 5.15. The number of aromatic nitrogens is 5. The molecule has 5 aromatic rings. The average molecular weight is 668 g/mol. The van der Waals surface area contributed by atoms with Crippen LogP contribution in [0.25, 0.3) is 5.69 Å². The number of nitrogens with one attached hydrogen (secondary N) is 3. The Morgan fingerprint density at radius 2 is 1.73 bits per heavy atom. The van der Waals surface area contributed by atoms with Crippen molar-refractivity contribution in [2.75, 3.05) is 19.6 Å². The number of benzene rings is 2. The maximum Gasteiger partial charge on any atom is 0.276 e. The molecule has 6 rings (SSSR count). The summed E-state index contributed by atoms with van der Waals surface area (Å²) in [6.07, 6.45) is 3.05. The number of carbonyl (C=O) groups is 4. The van der Waals surface area contributed by atoms with E-state index in [0.29, 0.717) is 17.1 Å². The van der Waals surface area contributed by atoms with Gasteiger partial charge < -0.3 is 25.3 Å². The van der Waals surface area contributed by atoms with Crippen molar-refractivity contribution in [1.82, 2.24) is 45.8 Å². The monoisotopic (exact) mass is 667 g/mol. The van der Waals surface area contributed by atoms with Gasteiger partial charge >= 0.3 is 0 Å². The van der Waals surface area contributed by atoms with E-state index in [9.17, 15) is 19.2 Å². The van der Waals surface area contributed by atoms with E-state index < -0.39 is 35.7 Å². The van der Waals surface area contributed by atoms with Crippen LogP contribution in [-0.4, -0.2) is 73.1 Å². The summed E-state index contributed by atoms with van der Waals surface area (Å²) in [6.45, 7) is 3.51. The summed E-state index contributed by atoms with van der Waals surface area (Å²) in [6, 6.07) is 17.4. The lowest BCUT2D eigenvalue weighted by molar-refractivity contribution is -0.122. The van der Waals surface area contributed by atoms with Crippen molar-refractivity contribution in [3.05, 3.63) is 112 Å². The number of para-hydroxylation sites is 1. The lowest BCUT2D eigenvalue weighted by Crippen LogP contribution is -2.45. The SMILES string of the molecule is CC(C)[C@@H]1NC(=O)CN(C(=O)c2cn(-c3ccccc3)nn2)CCNC(=O)c2coc(n2)[C@H](Cc2ccccc2)NC(=O)c2csc1n2. The Morgan fingerprint density at radius 1 is 0.979 bits per heavy atom. The van der Waals surface area contributed by atoms with Crippen molar-refractivity contribution < 1.29 is 23.6 Å². The van der Waals surface area contributed by atoms with Gasteiger partial charge in [0.2, 0.25) is 11.8 Å². The van der Waals surface area contributed by atoms with E-state index >= 15 is 0 Å². The summed E-state index contributed by atoms with van der Waals surface area (Å²) in [4.78, 5) is 63.9. The Hall–Kier alpha value is -5.70. The molecule has 0 unspecified atom stereocenters. The minimum absolute atomic E-state index is 0.000494. The second kappa shape index (κ2) is 14.4. The van der Waals surface area contributed by atoms with E-state index in [2.05, 4.69) is 36.2 Å². The lowest BCUT2D eigenvalue weighted by Gasteiger charge is -2.25. The molecule has 1 aliphatic heterocycles. The first kappa shape index (κ1) is 32.2. The zero-order chi connectivity index (χ0) is 33.6. The first-order valence-corrected chi connectivity index (χ1v) is 16.2. The van der Waals surface area contributed by atoms with Gasteiger partial charge in [-0.2, -0.15) is 0 Å². The van der Waals surface area contributed by atoms with Crippen molar-refractivity contribution in [3.63, 3.8) is 0 Å². The molecule has 3 N–H and O–H groups in total. The third-order valence-electron chi connectivity index (χ3n) is 7.67. The van der Waals surface area contributed by atoms with Crippen LogP contribution in [0, 0.1) is 5.92 Å². The molecule has 15 heteroatoms. The number of rotatable bonds is 5. The summed E-state index contributed by atoms with van der Waals surface area (Å²) >= 11 is 1.25. The van der Waals surface area contributed by atoms with E-state index in [4.69, 9.17) is 4.42 Å². The largest absolute Gasteiger partial charge is 0.446 e. The van der Waals surface area contributed by atoms with Gasteiger partial charge in [-0.25, -0.2) is 14.6 Å². The number of hydrogen-bond donors (Lipinski definition) is 3. The van der Waals surface area contributed by atoms with Crippen molar-refractivity contribution in [2.45, 2.75) is 32.4 Å². The Morgan fingerprint density at radius 3 is 2.48 bits per heavy atom. The van der Waals surface area contributed by atoms with E-state index in [1.54, 1.807) is 5.38 Å². The molecule has 2 atom stereocenters. The predicted octanol–water partition coefficient (Wildman–Crippen LogP) is 3.12. The predicted molar refractivity (Wildman–Crippen MR) is 174 cm³/mol. The van der Waals surface area contributed by atoms with Crippen LogP contribution in [0.1, 0.15) is 73.9 Å². The Bertz CT molecular complexity index is 1900. The smallest absolute Gasteiger partial charge is 0.276 e. The van der Waals surface area contributed by atoms with Crippen molar-refractivity contribution in [3.8, 4) is 5.69 Å². The summed E-state index contributed by atoms with van der Waals surface area (Å²) in [7, 11) is 0. The first-order valence-electron chi connectivity index (χ1n) is 15.4. The van der Waals surface area contributed by atoms with Crippen molar-refractivity contribution in [1.29, 1.82) is 0 Å². The molecule has 4 bridgehead atoms. The molecule has 0 spiro atoms. The standard InChI is InChI=1S/C33H33N9O5S/c1-20(2)28-32-37-26(19-48-32)30(45)35-23(15-21-9-5-3-6-10-21)31-36-25(18-47-31)29(44)34-13-14-41(17-27(43)38-28)33(46)24-16-42(40-39-24)22-11-7-4-8-12-22/h3-12,16,18-20,23,28H,13-15,17H2,1-2H3,(H,34,44)(H,35,45)(H,38,43)/t23-,28-/m0/s1. The molecule has 14 nitrogen and oxygen atoms in total. The fourth-order valence-corrected chi connectivity index (χ4v) is 6.17. The molecule has 246 valence electrons. The Kier molecular flexibility index (Phi) is 9.66. The molecule has 0 saturated heterocycles. The molecule has 48 heavy (non-hydrogen) atoms. The topological polar surface area (TPSA) is 177 Å². The van der Waals surface area contributed by atoms with E-state index in [0.717, 1.165) is 5.56 Å². The minimum Gasteiger partial charge on any atom is -0.446 e. The van der Waals surface area contributed by atoms with Crippen LogP contribution in [0.3, 0.4) is 0 Å². The zero-order valence-electron chi connectivity index (χ0n) is 26.2. The second-order valence-corrected chi connectivity index (χ2v) is 12.4. The molecule has 4 heterocycles. The number of hydrogen-bond acceptors (Lipinski definition) is 10. The number of oxazole rings is 1. The minimum atomic E-state index is -0.705. The third kappa shape index (κ3) is 7.47. The van der Waals surface area contributed by atoms with E-state index in [1.807, 2.05) is 74.5 Å². The van der Waals surface area contributed by atoms with Crippen LogP contribution < -0.4 is 16.0 Å². The average Bonchev–Trinajstić information content (AvgIpc) is 3.88. The summed E-state index contributed by atoms with van der Waals surface area (Å²) < 4.78 is 7.17. The van der Waals surface area contributed by atoms with E-state index in [-0.39, 0.29) is 48.5 Å². The maximum atomic E-state index is 13.7. The van der Waals surface area contributed by atoms with Gasteiger partial charge in [0.1, 0.15) is 23.0 Å². The molecule has 0 aliphatic carbocycles. The molecule has 2 aromatic carbocycles. The summed E-state index contributed by atoms with van der Waals surface area (Å²) in [5.41, 5.74) is 1.82. The molecular weight excluding hydrogens is 634 g/mol. The van der Waals surface area contributed by atoms with Gasteiger partial charge in [0, 0.05) is 24.9 Å². The highest BCUT2D eigenvalue weighted by molar-refractivity contribution is 7.09. The van der Waals surface area contributed by atoms with Crippen LogP contribution in [0.2, 0.25) is 0 Å². The molecule has 0 radical (unpaired) electrons.